The number of carbonyl (C=O) groups excluding carboxylic acids is 1. The summed E-state index contributed by atoms with van der Waals surface area (Å²) in [5.74, 6) is -0.400. The van der Waals surface area contributed by atoms with Gasteiger partial charge in [-0.15, -0.1) is 0 Å². The van der Waals surface area contributed by atoms with Gasteiger partial charge in [-0.3, -0.25) is 0 Å². The molecule has 0 bridgehead atoms. The molecule has 0 spiro atoms. The molecule has 0 aromatic heterocycles. The van der Waals surface area contributed by atoms with E-state index in [1.165, 1.54) is 19.2 Å². The van der Waals surface area contributed by atoms with Crippen LogP contribution in [0.3, 0.4) is 0 Å². The van der Waals surface area contributed by atoms with Gasteiger partial charge >= 0.3 is 6.03 Å². The summed E-state index contributed by atoms with van der Waals surface area (Å²) in [6.07, 6.45) is -0.288. The average Bonchev–Trinajstić information content (AvgIpc) is 2.73. The Bertz CT molecular complexity index is 933. The summed E-state index contributed by atoms with van der Waals surface area (Å²) in [4.78, 5) is 14.2. The summed E-state index contributed by atoms with van der Waals surface area (Å²) in [6, 6.07) is 12.9. The Hall–Kier alpha value is -2.49. The third-order valence-corrected chi connectivity index (χ3v) is 6.07. The maximum atomic E-state index is 13.1. The largest absolute Gasteiger partial charge is 0.370 e. The lowest BCUT2D eigenvalue weighted by Gasteiger charge is -2.33. The maximum absolute atomic E-state index is 13.1. The lowest BCUT2D eigenvalue weighted by Crippen LogP contribution is -2.46. The quantitative estimate of drug-likeness (QED) is 0.748. The molecule has 1 unspecified atom stereocenters. The Morgan fingerprint density at radius 2 is 1.79 bits per heavy atom. The summed E-state index contributed by atoms with van der Waals surface area (Å²) in [5, 5.41) is 2.87. The molecular formula is C20H24FN3O4S. The third-order valence-electron chi connectivity index (χ3n) is 4.73. The minimum atomic E-state index is -3.32. The molecule has 0 saturated carbocycles. The van der Waals surface area contributed by atoms with Gasteiger partial charge < -0.3 is 15.0 Å². The number of halogens is 1. The summed E-state index contributed by atoms with van der Waals surface area (Å²) in [6.45, 7) is 1.60. The standard InChI is InChI=1S/C20H24FN3O4S/c1-22-29(26,27)14-16-4-2-15(3-5-16)12-23-20(25)24-10-11-28-19(13-24)17-6-8-18(21)9-7-17/h2-9,19,22H,10-14H2,1H3,(H,23,25). The third kappa shape index (κ3) is 5.99. The van der Waals surface area contributed by atoms with Gasteiger partial charge in [0.2, 0.25) is 10.0 Å². The molecule has 1 aliphatic heterocycles. The Balaban J connectivity index is 1.53. The van der Waals surface area contributed by atoms with Crippen molar-refractivity contribution >= 4 is 16.1 Å². The second kappa shape index (κ2) is 9.34. The van der Waals surface area contributed by atoms with Gasteiger partial charge in [0.15, 0.2) is 0 Å². The molecule has 2 aromatic carbocycles. The Morgan fingerprint density at radius 1 is 1.14 bits per heavy atom. The molecule has 29 heavy (non-hydrogen) atoms. The van der Waals surface area contributed by atoms with Crippen molar-refractivity contribution in [3.63, 3.8) is 0 Å². The summed E-state index contributed by atoms with van der Waals surface area (Å²) in [5.41, 5.74) is 2.37. The predicted molar refractivity (Wildman–Crippen MR) is 107 cm³/mol. The lowest BCUT2D eigenvalue weighted by molar-refractivity contribution is -0.0155. The molecule has 7 nitrogen and oxygen atoms in total. The van der Waals surface area contributed by atoms with E-state index in [1.54, 1.807) is 41.3 Å². The number of hydrogen-bond acceptors (Lipinski definition) is 4. The van der Waals surface area contributed by atoms with Gasteiger partial charge in [-0.25, -0.2) is 22.3 Å². The number of benzene rings is 2. The van der Waals surface area contributed by atoms with Crippen molar-refractivity contribution in [1.82, 2.24) is 14.9 Å². The molecule has 1 atom stereocenters. The van der Waals surface area contributed by atoms with E-state index in [4.69, 9.17) is 4.74 Å². The normalized spacial score (nSPS) is 17.2. The minimum Gasteiger partial charge on any atom is -0.370 e. The zero-order valence-electron chi connectivity index (χ0n) is 16.1. The molecule has 3 rings (SSSR count). The topological polar surface area (TPSA) is 87.7 Å². The number of amides is 2. The van der Waals surface area contributed by atoms with Crippen LogP contribution in [0.1, 0.15) is 22.8 Å². The van der Waals surface area contributed by atoms with Crippen LogP contribution in [0, 0.1) is 5.82 Å². The van der Waals surface area contributed by atoms with E-state index in [0.717, 1.165) is 11.1 Å². The van der Waals surface area contributed by atoms with Crippen molar-refractivity contribution in [3.05, 3.63) is 71.0 Å². The molecule has 0 aliphatic carbocycles. The first-order valence-corrected chi connectivity index (χ1v) is 10.9. The molecule has 1 heterocycles. The molecule has 2 N–H and O–H groups in total. The van der Waals surface area contributed by atoms with Crippen LogP contribution in [0.5, 0.6) is 0 Å². The summed E-state index contributed by atoms with van der Waals surface area (Å²) < 4.78 is 44.3. The number of urea groups is 1. The monoisotopic (exact) mass is 421 g/mol. The SMILES string of the molecule is CNS(=O)(=O)Cc1ccc(CNC(=O)N2CCOC(c3ccc(F)cc3)C2)cc1. The van der Waals surface area contributed by atoms with Crippen LogP contribution in [-0.4, -0.2) is 46.1 Å². The molecular weight excluding hydrogens is 397 g/mol. The van der Waals surface area contributed by atoms with Gasteiger partial charge in [0.25, 0.3) is 0 Å². The number of rotatable bonds is 6. The van der Waals surface area contributed by atoms with Crippen molar-refractivity contribution in [1.29, 1.82) is 0 Å². The fraction of sp³-hybridized carbons (Fsp3) is 0.350. The maximum Gasteiger partial charge on any atom is 0.317 e. The van der Waals surface area contributed by atoms with Crippen molar-refractivity contribution in [2.45, 2.75) is 18.4 Å². The Morgan fingerprint density at radius 3 is 2.45 bits per heavy atom. The van der Waals surface area contributed by atoms with Crippen LogP contribution in [0.15, 0.2) is 48.5 Å². The van der Waals surface area contributed by atoms with E-state index >= 15 is 0 Å². The highest BCUT2D eigenvalue weighted by molar-refractivity contribution is 7.88. The highest BCUT2D eigenvalue weighted by Gasteiger charge is 2.25. The van der Waals surface area contributed by atoms with Gasteiger partial charge in [0.05, 0.1) is 18.9 Å². The van der Waals surface area contributed by atoms with E-state index in [-0.39, 0.29) is 23.7 Å². The first kappa shape index (κ1) is 21.2. The van der Waals surface area contributed by atoms with Crippen molar-refractivity contribution in [2.24, 2.45) is 0 Å². The molecule has 9 heteroatoms. The van der Waals surface area contributed by atoms with Crippen LogP contribution < -0.4 is 10.0 Å². The summed E-state index contributed by atoms with van der Waals surface area (Å²) in [7, 11) is -1.93. The number of ether oxygens (including phenoxy) is 1. The van der Waals surface area contributed by atoms with Gasteiger partial charge in [-0.05, 0) is 35.9 Å². The fourth-order valence-electron chi connectivity index (χ4n) is 3.05. The number of morpholine rings is 1. The number of nitrogens with zero attached hydrogens (tertiary/aromatic N) is 1. The Labute approximate surface area is 169 Å². The molecule has 1 saturated heterocycles. The number of sulfonamides is 1. The van der Waals surface area contributed by atoms with Gasteiger partial charge in [0.1, 0.15) is 11.9 Å². The number of carbonyl (C=O) groups is 1. The predicted octanol–water partition coefficient (Wildman–Crippen LogP) is 2.16. The van der Waals surface area contributed by atoms with Crippen molar-refractivity contribution < 1.29 is 22.3 Å². The average molecular weight is 421 g/mol. The van der Waals surface area contributed by atoms with Gasteiger partial charge in [0, 0.05) is 13.1 Å². The van der Waals surface area contributed by atoms with Crippen LogP contribution in [0.2, 0.25) is 0 Å². The molecule has 0 radical (unpaired) electrons. The lowest BCUT2D eigenvalue weighted by atomic mass is 10.1. The van der Waals surface area contributed by atoms with E-state index in [2.05, 4.69) is 10.0 Å². The molecule has 1 fully saturated rings. The van der Waals surface area contributed by atoms with Gasteiger partial charge in [-0.1, -0.05) is 36.4 Å². The zero-order valence-corrected chi connectivity index (χ0v) is 16.9. The first-order valence-electron chi connectivity index (χ1n) is 9.25. The van der Waals surface area contributed by atoms with Crippen LogP contribution in [0.25, 0.3) is 0 Å². The highest BCUT2D eigenvalue weighted by Crippen LogP contribution is 2.22. The molecule has 1 aliphatic rings. The van der Waals surface area contributed by atoms with Crippen LogP contribution in [0.4, 0.5) is 9.18 Å². The van der Waals surface area contributed by atoms with Crippen LogP contribution >= 0.6 is 0 Å². The van der Waals surface area contributed by atoms with E-state index < -0.39 is 10.0 Å². The summed E-state index contributed by atoms with van der Waals surface area (Å²) >= 11 is 0. The number of nitrogens with one attached hydrogen (secondary N) is 2. The second-order valence-electron chi connectivity index (χ2n) is 6.80. The number of hydrogen-bond donors (Lipinski definition) is 2. The first-order chi connectivity index (χ1) is 13.9. The van der Waals surface area contributed by atoms with E-state index in [0.29, 0.717) is 31.8 Å². The highest BCUT2D eigenvalue weighted by atomic mass is 32.2. The van der Waals surface area contributed by atoms with Crippen molar-refractivity contribution in [3.8, 4) is 0 Å². The smallest absolute Gasteiger partial charge is 0.317 e. The minimum absolute atomic E-state index is 0.0886. The molecule has 2 amide bonds. The molecule has 156 valence electrons. The van der Waals surface area contributed by atoms with E-state index in [9.17, 15) is 17.6 Å². The zero-order chi connectivity index (χ0) is 20.9. The molecule has 2 aromatic rings. The second-order valence-corrected chi connectivity index (χ2v) is 8.72. The van der Waals surface area contributed by atoms with Crippen molar-refractivity contribution in [2.75, 3.05) is 26.7 Å². The Kier molecular flexibility index (Phi) is 6.83. The fourth-order valence-corrected chi connectivity index (χ4v) is 3.82. The van der Waals surface area contributed by atoms with Gasteiger partial charge in [-0.2, -0.15) is 0 Å². The van der Waals surface area contributed by atoms with E-state index in [1.807, 2.05) is 0 Å². The van der Waals surface area contributed by atoms with Crippen LogP contribution in [-0.2, 0) is 27.1 Å².